The summed E-state index contributed by atoms with van der Waals surface area (Å²) in [5.41, 5.74) is 1.04. The van der Waals surface area contributed by atoms with E-state index in [0.29, 0.717) is 11.5 Å². The van der Waals surface area contributed by atoms with Crippen molar-refractivity contribution >= 4 is 28.2 Å². The molecular formula is C17H26N2O3S. The predicted molar refractivity (Wildman–Crippen MR) is 90.0 cm³/mol. The zero-order valence-corrected chi connectivity index (χ0v) is 15.2. The van der Waals surface area contributed by atoms with Gasteiger partial charge in [0, 0.05) is 10.4 Å². The molecule has 6 heteroatoms. The van der Waals surface area contributed by atoms with Crippen molar-refractivity contribution in [2.45, 2.75) is 58.9 Å². The molecule has 5 nitrogen and oxygen atoms in total. The molecule has 1 aliphatic rings. The predicted octanol–water partition coefficient (Wildman–Crippen LogP) is 0.632. The van der Waals surface area contributed by atoms with Gasteiger partial charge in [0.2, 0.25) is 0 Å². The van der Waals surface area contributed by atoms with Gasteiger partial charge in [0.15, 0.2) is 6.54 Å². The van der Waals surface area contributed by atoms with Gasteiger partial charge in [-0.05, 0) is 58.9 Å². The van der Waals surface area contributed by atoms with Crippen LogP contribution in [-0.4, -0.2) is 30.5 Å². The maximum Gasteiger partial charge on any atom is 0.280 e. The van der Waals surface area contributed by atoms with Gasteiger partial charge in [-0.3, -0.25) is 4.79 Å². The number of rotatable bonds is 5. The minimum absolute atomic E-state index is 0.0298. The first-order valence-corrected chi connectivity index (χ1v) is 9.06. The van der Waals surface area contributed by atoms with Gasteiger partial charge in [0.05, 0.1) is 18.1 Å². The van der Waals surface area contributed by atoms with E-state index in [2.05, 4.69) is 26.1 Å². The summed E-state index contributed by atoms with van der Waals surface area (Å²) in [5.74, 6) is -1.33. The summed E-state index contributed by atoms with van der Waals surface area (Å²) in [6.07, 6.45) is 3.73. The number of carboxylic acid groups (broad SMARTS) is 1. The van der Waals surface area contributed by atoms with E-state index < -0.39 is 5.97 Å². The molecule has 0 bridgehead atoms. The number of carbonyl (C=O) groups excluding carboxylic acids is 2. The van der Waals surface area contributed by atoms with Crippen LogP contribution in [0.4, 0.5) is 5.00 Å². The van der Waals surface area contributed by atoms with Crippen LogP contribution in [0.1, 0.15) is 61.3 Å². The summed E-state index contributed by atoms with van der Waals surface area (Å²) in [6.45, 7) is 9.49. The van der Waals surface area contributed by atoms with Crippen LogP contribution in [-0.2, 0) is 17.6 Å². The van der Waals surface area contributed by atoms with Crippen molar-refractivity contribution in [2.75, 3.05) is 18.4 Å². The van der Waals surface area contributed by atoms with Gasteiger partial charge in [-0.2, -0.15) is 0 Å². The summed E-state index contributed by atoms with van der Waals surface area (Å²) in [7, 11) is 0. The lowest BCUT2D eigenvalue weighted by molar-refractivity contribution is -0.937. The van der Waals surface area contributed by atoms with E-state index in [1.807, 2.05) is 6.92 Å². The summed E-state index contributed by atoms with van der Waals surface area (Å²) < 4.78 is 0. The van der Waals surface area contributed by atoms with Crippen molar-refractivity contribution in [3.8, 4) is 0 Å². The molecule has 2 rings (SSSR count). The first-order valence-electron chi connectivity index (χ1n) is 8.25. The number of likely N-dealkylation sites (N-methyl/N-ethyl adjacent to an activating group) is 1. The molecule has 0 saturated carbocycles. The molecule has 0 fully saturated rings. The SMILES string of the molecule is CC[NH+](CC(=O)Nc1sc2c(c1C(=O)[O-])CCCC2)C(C)(C)C. The second-order valence-electron chi connectivity index (χ2n) is 7.13. The molecule has 0 spiro atoms. The molecular weight excluding hydrogens is 312 g/mol. The van der Waals surface area contributed by atoms with Gasteiger partial charge in [-0.1, -0.05) is 0 Å². The second-order valence-corrected chi connectivity index (χ2v) is 8.24. The van der Waals surface area contributed by atoms with E-state index >= 15 is 0 Å². The Morgan fingerprint density at radius 2 is 1.91 bits per heavy atom. The quantitative estimate of drug-likeness (QED) is 0.827. The minimum Gasteiger partial charge on any atom is -0.545 e. The van der Waals surface area contributed by atoms with Gasteiger partial charge in [0.1, 0.15) is 5.00 Å². The van der Waals surface area contributed by atoms with E-state index in [-0.39, 0.29) is 17.0 Å². The molecule has 1 amide bonds. The summed E-state index contributed by atoms with van der Waals surface area (Å²) in [5, 5.41) is 14.8. The second kappa shape index (κ2) is 7.01. The molecule has 1 aliphatic carbocycles. The highest BCUT2D eigenvalue weighted by molar-refractivity contribution is 7.17. The Labute approximate surface area is 141 Å². The highest BCUT2D eigenvalue weighted by Crippen LogP contribution is 2.37. The zero-order valence-electron chi connectivity index (χ0n) is 14.4. The Kier molecular flexibility index (Phi) is 5.47. The molecule has 23 heavy (non-hydrogen) atoms. The number of fused-ring (bicyclic) bond motifs is 1. The Balaban J connectivity index is 2.18. The van der Waals surface area contributed by atoms with Crippen molar-refractivity contribution in [1.29, 1.82) is 0 Å². The Hall–Kier alpha value is -1.40. The zero-order chi connectivity index (χ0) is 17.2. The smallest absolute Gasteiger partial charge is 0.280 e. The van der Waals surface area contributed by atoms with E-state index in [0.717, 1.165) is 47.6 Å². The molecule has 0 aromatic carbocycles. The van der Waals surface area contributed by atoms with Gasteiger partial charge >= 0.3 is 0 Å². The minimum atomic E-state index is -1.18. The number of amides is 1. The van der Waals surface area contributed by atoms with Crippen LogP contribution in [0.2, 0.25) is 0 Å². The van der Waals surface area contributed by atoms with Crippen LogP contribution in [0.5, 0.6) is 0 Å². The number of anilines is 1. The molecule has 1 unspecified atom stereocenters. The average Bonchev–Trinajstić information content (AvgIpc) is 2.81. The lowest BCUT2D eigenvalue weighted by Gasteiger charge is -2.30. The van der Waals surface area contributed by atoms with Crippen LogP contribution in [0, 0.1) is 0 Å². The van der Waals surface area contributed by atoms with Gasteiger partial charge in [-0.25, -0.2) is 0 Å². The van der Waals surface area contributed by atoms with Crippen molar-refractivity contribution in [3.05, 3.63) is 16.0 Å². The summed E-state index contributed by atoms with van der Waals surface area (Å²) in [6, 6.07) is 0. The molecule has 0 radical (unpaired) electrons. The highest BCUT2D eigenvalue weighted by Gasteiger charge is 2.27. The van der Waals surface area contributed by atoms with Crippen LogP contribution in [0.25, 0.3) is 0 Å². The average molecular weight is 338 g/mol. The Bertz CT molecular complexity index is 602. The fourth-order valence-corrected chi connectivity index (χ4v) is 4.45. The van der Waals surface area contributed by atoms with E-state index in [1.54, 1.807) is 0 Å². The maximum atomic E-state index is 12.4. The Morgan fingerprint density at radius 1 is 1.26 bits per heavy atom. The van der Waals surface area contributed by atoms with Crippen LogP contribution < -0.4 is 15.3 Å². The molecule has 1 atom stereocenters. The van der Waals surface area contributed by atoms with Gasteiger partial charge in [0.25, 0.3) is 5.91 Å². The first-order chi connectivity index (χ1) is 10.7. The number of hydrogen-bond donors (Lipinski definition) is 2. The normalized spacial score (nSPS) is 15.8. The number of carboxylic acids is 1. The lowest BCUT2D eigenvalue weighted by atomic mass is 9.95. The topological polar surface area (TPSA) is 73.7 Å². The van der Waals surface area contributed by atoms with E-state index in [1.165, 1.54) is 11.3 Å². The van der Waals surface area contributed by atoms with Gasteiger partial charge < -0.3 is 20.1 Å². The van der Waals surface area contributed by atoms with Crippen LogP contribution in [0.15, 0.2) is 0 Å². The molecule has 2 N–H and O–H groups in total. The molecule has 0 saturated heterocycles. The van der Waals surface area contributed by atoms with E-state index in [9.17, 15) is 14.7 Å². The standard InChI is InChI=1S/C17H26N2O3S/c1-5-19(17(2,3)4)10-13(20)18-15-14(16(21)22)11-8-6-7-9-12(11)23-15/h5-10H2,1-4H3,(H,18,20)(H,21,22). The number of carbonyl (C=O) groups is 2. The number of aryl methyl sites for hydroxylation is 1. The number of hydrogen-bond acceptors (Lipinski definition) is 4. The fourth-order valence-electron chi connectivity index (χ4n) is 3.16. The fraction of sp³-hybridized carbons (Fsp3) is 0.647. The number of quaternary nitrogens is 1. The molecule has 1 heterocycles. The summed E-state index contributed by atoms with van der Waals surface area (Å²) in [4.78, 5) is 26.1. The third kappa shape index (κ3) is 4.12. The number of thiophene rings is 1. The van der Waals surface area contributed by atoms with Crippen molar-refractivity contribution in [2.24, 2.45) is 0 Å². The van der Waals surface area contributed by atoms with Gasteiger partial charge in [-0.15, -0.1) is 11.3 Å². The van der Waals surface area contributed by atoms with Crippen molar-refractivity contribution in [1.82, 2.24) is 0 Å². The van der Waals surface area contributed by atoms with Crippen LogP contribution in [0.3, 0.4) is 0 Å². The molecule has 1 aromatic rings. The maximum absolute atomic E-state index is 12.4. The third-order valence-electron chi connectivity index (χ3n) is 4.49. The molecule has 0 aliphatic heterocycles. The highest BCUT2D eigenvalue weighted by atomic mass is 32.1. The number of aromatic carboxylic acids is 1. The Morgan fingerprint density at radius 3 is 2.48 bits per heavy atom. The molecule has 128 valence electrons. The van der Waals surface area contributed by atoms with Crippen molar-refractivity contribution < 1.29 is 19.6 Å². The van der Waals surface area contributed by atoms with E-state index in [4.69, 9.17) is 0 Å². The monoisotopic (exact) mass is 338 g/mol. The van der Waals surface area contributed by atoms with Crippen molar-refractivity contribution in [3.63, 3.8) is 0 Å². The lowest BCUT2D eigenvalue weighted by Crippen LogP contribution is -3.19. The van der Waals surface area contributed by atoms with Crippen LogP contribution >= 0.6 is 11.3 Å². The third-order valence-corrected chi connectivity index (χ3v) is 5.70. The first kappa shape index (κ1) is 17.9. The number of nitrogens with one attached hydrogen (secondary N) is 2. The largest absolute Gasteiger partial charge is 0.545 e. The molecule has 1 aromatic heterocycles. The summed E-state index contributed by atoms with van der Waals surface area (Å²) >= 11 is 1.40.